The molecule has 130 valence electrons. The molecule has 0 aliphatic rings. The smallest absolute Gasteiger partial charge is 0.130 e. The molecule has 0 fully saturated rings. The maximum Gasteiger partial charge on any atom is 0.130 e. The topological polar surface area (TPSA) is 60.7 Å². The van der Waals surface area contributed by atoms with Gasteiger partial charge in [0.1, 0.15) is 11.5 Å². The summed E-state index contributed by atoms with van der Waals surface area (Å²) in [5.41, 5.74) is 1.97. The Kier molecular flexibility index (Phi) is 6.79. The van der Waals surface area contributed by atoms with Gasteiger partial charge in [0.15, 0.2) is 0 Å². The first kappa shape index (κ1) is 18.9. The molecular formula is C19H22Cl2O3. The van der Waals surface area contributed by atoms with Gasteiger partial charge in [0.25, 0.3) is 0 Å². The number of hydrogen-bond acceptors (Lipinski definition) is 3. The highest BCUT2D eigenvalue weighted by atomic mass is 35.5. The molecule has 0 aliphatic carbocycles. The van der Waals surface area contributed by atoms with Gasteiger partial charge in [-0.25, -0.2) is 0 Å². The Labute approximate surface area is 152 Å². The van der Waals surface area contributed by atoms with Crippen LogP contribution in [0, 0.1) is 0 Å². The van der Waals surface area contributed by atoms with Gasteiger partial charge in [0.2, 0.25) is 0 Å². The van der Waals surface area contributed by atoms with Crippen LogP contribution in [-0.2, 0) is 13.0 Å². The van der Waals surface area contributed by atoms with Crippen molar-refractivity contribution < 1.29 is 15.3 Å². The summed E-state index contributed by atoms with van der Waals surface area (Å²) in [5, 5.41) is 30.8. The van der Waals surface area contributed by atoms with Crippen LogP contribution in [0.5, 0.6) is 11.5 Å². The van der Waals surface area contributed by atoms with Gasteiger partial charge in [0.05, 0.1) is 16.7 Å². The summed E-state index contributed by atoms with van der Waals surface area (Å²) < 4.78 is 0. The highest BCUT2D eigenvalue weighted by Gasteiger charge is 2.19. The third-order valence-corrected chi connectivity index (χ3v) is 4.90. The fourth-order valence-corrected chi connectivity index (χ4v) is 3.40. The van der Waals surface area contributed by atoms with Crippen molar-refractivity contribution in [3.8, 4) is 22.6 Å². The van der Waals surface area contributed by atoms with Crippen LogP contribution in [0.15, 0.2) is 24.3 Å². The van der Waals surface area contributed by atoms with Crippen molar-refractivity contribution in [2.45, 2.75) is 45.6 Å². The highest BCUT2D eigenvalue weighted by molar-refractivity contribution is 6.39. The zero-order valence-corrected chi connectivity index (χ0v) is 15.2. The maximum absolute atomic E-state index is 10.7. The third-order valence-electron chi connectivity index (χ3n) is 4.15. The highest BCUT2D eigenvalue weighted by Crippen LogP contribution is 2.44. The van der Waals surface area contributed by atoms with Crippen molar-refractivity contribution in [2.24, 2.45) is 0 Å². The Balaban J connectivity index is 2.46. The molecule has 0 aromatic heterocycles. The predicted octanol–water partition coefficient (Wildman–Crippen LogP) is 5.69. The Hall–Kier alpha value is -1.42. The number of rotatable bonds is 7. The quantitative estimate of drug-likeness (QED) is 0.550. The molecule has 0 aliphatic heterocycles. The van der Waals surface area contributed by atoms with Crippen LogP contribution in [0.1, 0.15) is 43.7 Å². The molecular weight excluding hydrogens is 347 g/mol. The molecule has 0 radical (unpaired) electrons. The number of aromatic hydroxyl groups is 2. The van der Waals surface area contributed by atoms with Gasteiger partial charge >= 0.3 is 0 Å². The largest absolute Gasteiger partial charge is 0.508 e. The zero-order valence-electron chi connectivity index (χ0n) is 13.6. The van der Waals surface area contributed by atoms with E-state index in [9.17, 15) is 15.3 Å². The van der Waals surface area contributed by atoms with E-state index in [1.165, 1.54) is 0 Å². The average molecular weight is 369 g/mol. The lowest BCUT2D eigenvalue weighted by Gasteiger charge is -2.15. The lowest BCUT2D eigenvalue weighted by molar-refractivity contribution is 0.282. The van der Waals surface area contributed by atoms with E-state index >= 15 is 0 Å². The molecule has 2 aromatic carbocycles. The second-order valence-corrected chi connectivity index (χ2v) is 6.61. The fourth-order valence-electron chi connectivity index (χ4n) is 2.77. The zero-order chi connectivity index (χ0) is 17.7. The molecule has 0 saturated carbocycles. The molecule has 0 heterocycles. The second-order valence-electron chi connectivity index (χ2n) is 5.82. The molecule has 5 heteroatoms. The minimum Gasteiger partial charge on any atom is -0.508 e. The van der Waals surface area contributed by atoms with Crippen LogP contribution in [-0.4, -0.2) is 15.3 Å². The van der Waals surface area contributed by atoms with Crippen LogP contribution < -0.4 is 0 Å². The van der Waals surface area contributed by atoms with Crippen LogP contribution in [0.4, 0.5) is 0 Å². The van der Waals surface area contributed by atoms with Gasteiger partial charge in [0, 0.05) is 16.7 Å². The second kappa shape index (κ2) is 8.61. The number of benzene rings is 2. The van der Waals surface area contributed by atoms with Crippen LogP contribution >= 0.6 is 23.2 Å². The molecule has 3 nitrogen and oxygen atoms in total. The normalized spacial score (nSPS) is 11.0. The van der Waals surface area contributed by atoms with Gasteiger partial charge in [-0.1, -0.05) is 55.5 Å². The predicted molar refractivity (Wildman–Crippen MR) is 99.0 cm³/mol. The van der Waals surface area contributed by atoms with Crippen LogP contribution in [0.3, 0.4) is 0 Å². The lowest BCUT2D eigenvalue weighted by atomic mass is 9.96. The SMILES string of the molecule is CCCCCCc1c(O)ccc(-c2c(Cl)ccc(CO)c2Cl)c1O. The van der Waals surface area contributed by atoms with Crippen molar-refractivity contribution in [1.82, 2.24) is 0 Å². The molecule has 3 N–H and O–H groups in total. The third kappa shape index (κ3) is 3.97. The first-order valence-corrected chi connectivity index (χ1v) is 8.88. The van der Waals surface area contributed by atoms with Gasteiger partial charge in [-0.15, -0.1) is 0 Å². The summed E-state index contributed by atoms with van der Waals surface area (Å²) in [5.74, 6) is 0.0590. The number of aliphatic hydroxyl groups is 1. The van der Waals surface area contributed by atoms with Crippen molar-refractivity contribution in [3.63, 3.8) is 0 Å². The first-order valence-electron chi connectivity index (χ1n) is 8.13. The first-order chi connectivity index (χ1) is 11.5. The van der Waals surface area contributed by atoms with Gasteiger partial charge in [-0.2, -0.15) is 0 Å². The number of phenols is 2. The van der Waals surface area contributed by atoms with E-state index in [4.69, 9.17) is 23.2 Å². The fraction of sp³-hybridized carbons (Fsp3) is 0.368. The molecule has 0 spiro atoms. The summed E-state index contributed by atoms with van der Waals surface area (Å²) in [6, 6.07) is 6.43. The van der Waals surface area contributed by atoms with Crippen molar-refractivity contribution in [2.75, 3.05) is 0 Å². The Morgan fingerprint density at radius 2 is 1.71 bits per heavy atom. The number of hydrogen-bond donors (Lipinski definition) is 3. The van der Waals surface area contributed by atoms with E-state index in [0.29, 0.717) is 38.7 Å². The van der Waals surface area contributed by atoms with E-state index in [1.807, 2.05) is 0 Å². The summed E-state index contributed by atoms with van der Waals surface area (Å²) in [6.45, 7) is 1.92. The van der Waals surface area contributed by atoms with Crippen LogP contribution in [0.2, 0.25) is 10.0 Å². The summed E-state index contributed by atoms with van der Waals surface area (Å²) >= 11 is 12.6. The monoisotopic (exact) mass is 368 g/mol. The van der Waals surface area contributed by atoms with E-state index in [0.717, 1.165) is 25.7 Å². The van der Waals surface area contributed by atoms with Gasteiger partial charge in [-0.05, 0) is 36.6 Å². The molecule has 0 saturated heterocycles. The van der Waals surface area contributed by atoms with E-state index in [1.54, 1.807) is 24.3 Å². The molecule has 2 rings (SSSR count). The number of aliphatic hydroxyl groups excluding tert-OH is 1. The minimum absolute atomic E-state index is 0.00890. The molecule has 0 amide bonds. The van der Waals surface area contributed by atoms with Gasteiger partial charge in [-0.3, -0.25) is 0 Å². The lowest BCUT2D eigenvalue weighted by Crippen LogP contribution is -1.94. The number of halogens is 2. The van der Waals surface area contributed by atoms with Crippen molar-refractivity contribution in [1.29, 1.82) is 0 Å². The maximum atomic E-state index is 10.7. The minimum atomic E-state index is -0.217. The summed E-state index contributed by atoms with van der Waals surface area (Å²) in [4.78, 5) is 0. The standard InChI is InChI=1S/C19H22Cl2O3/c1-2-3-4-5-6-13-16(23)10-8-14(19(13)24)17-15(20)9-7-12(11-22)18(17)21/h7-10,22-24H,2-6,11H2,1H3. The Morgan fingerprint density at radius 1 is 0.958 bits per heavy atom. The van der Waals surface area contributed by atoms with E-state index in [2.05, 4.69) is 6.92 Å². The summed E-state index contributed by atoms with van der Waals surface area (Å²) in [6.07, 6.45) is 4.76. The van der Waals surface area contributed by atoms with Crippen molar-refractivity contribution in [3.05, 3.63) is 45.4 Å². The molecule has 24 heavy (non-hydrogen) atoms. The Morgan fingerprint density at radius 3 is 2.38 bits per heavy atom. The molecule has 0 atom stereocenters. The molecule has 0 bridgehead atoms. The Bertz CT molecular complexity index is 714. The van der Waals surface area contributed by atoms with Gasteiger partial charge < -0.3 is 15.3 Å². The van der Waals surface area contributed by atoms with Crippen LogP contribution in [0.25, 0.3) is 11.1 Å². The molecule has 0 unspecified atom stereocenters. The van der Waals surface area contributed by atoms with E-state index < -0.39 is 0 Å². The molecule has 2 aromatic rings. The number of phenolic OH excluding ortho intramolecular Hbond substituents is 2. The average Bonchev–Trinajstić information content (AvgIpc) is 2.56. The summed E-state index contributed by atoms with van der Waals surface area (Å²) in [7, 11) is 0. The van der Waals surface area contributed by atoms with Crippen molar-refractivity contribution >= 4 is 23.2 Å². The van der Waals surface area contributed by atoms with E-state index in [-0.39, 0.29) is 18.1 Å². The number of unbranched alkanes of at least 4 members (excludes halogenated alkanes) is 3.